The number of hydrogen-bond donors (Lipinski definition) is 2. The molecule has 3 nitrogen and oxygen atoms in total. The summed E-state index contributed by atoms with van der Waals surface area (Å²) in [7, 11) is 1.65. The molecular weight excluding hydrogens is 250 g/mol. The van der Waals surface area contributed by atoms with E-state index < -0.39 is 5.60 Å². The third-order valence-electron chi connectivity index (χ3n) is 3.35. The predicted molar refractivity (Wildman–Crippen MR) is 83.8 cm³/mol. The first-order chi connectivity index (χ1) is 9.43. The summed E-state index contributed by atoms with van der Waals surface area (Å²) in [6.45, 7) is 8.24. The van der Waals surface area contributed by atoms with E-state index in [-0.39, 0.29) is 0 Å². The predicted octanol–water partition coefficient (Wildman–Crippen LogP) is 2.76. The smallest absolute Gasteiger partial charge is 0.0765 e. The normalized spacial score (nSPS) is 14.5. The van der Waals surface area contributed by atoms with Gasteiger partial charge < -0.3 is 15.2 Å². The van der Waals surface area contributed by atoms with Crippen molar-refractivity contribution in [3.8, 4) is 0 Å². The van der Waals surface area contributed by atoms with Gasteiger partial charge in [-0.2, -0.15) is 0 Å². The molecule has 3 heteroatoms. The maximum atomic E-state index is 10.1. The molecule has 1 aromatic carbocycles. The molecule has 0 bridgehead atoms. The fourth-order valence-electron chi connectivity index (χ4n) is 2.15. The van der Waals surface area contributed by atoms with Gasteiger partial charge in [-0.15, -0.1) is 0 Å². The molecule has 2 N–H and O–H groups in total. The molecule has 0 aliphatic heterocycles. The van der Waals surface area contributed by atoms with Gasteiger partial charge in [-0.1, -0.05) is 38.1 Å². The Morgan fingerprint density at radius 2 is 1.80 bits per heavy atom. The van der Waals surface area contributed by atoms with Gasteiger partial charge in [-0.25, -0.2) is 0 Å². The van der Waals surface area contributed by atoms with Crippen molar-refractivity contribution in [2.24, 2.45) is 5.92 Å². The second kappa shape index (κ2) is 8.40. The number of methoxy groups -OCH3 is 1. The minimum Gasteiger partial charge on any atom is -0.389 e. The second-order valence-corrected chi connectivity index (χ2v) is 6.26. The van der Waals surface area contributed by atoms with Crippen LogP contribution in [0.5, 0.6) is 0 Å². The molecule has 0 heterocycles. The number of hydrogen-bond acceptors (Lipinski definition) is 3. The van der Waals surface area contributed by atoms with Gasteiger partial charge in [0.15, 0.2) is 0 Å². The molecule has 0 aromatic heterocycles. The number of benzene rings is 1. The van der Waals surface area contributed by atoms with E-state index in [2.05, 4.69) is 43.4 Å². The Hall–Kier alpha value is -0.900. The molecule has 114 valence electrons. The summed E-state index contributed by atoms with van der Waals surface area (Å²) in [5.41, 5.74) is 1.92. The standard InChI is InChI=1S/C17H29NO2/c1-14(2)11-15-5-7-16(8-6-15)12-18-13-17(3,19)9-10-20-4/h5-8,14,18-19H,9-13H2,1-4H3. The van der Waals surface area contributed by atoms with Gasteiger partial charge in [0.2, 0.25) is 0 Å². The van der Waals surface area contributed by atoms with E-state index in [1.807, 2.05) is 6.92 Å². The van der Waals surface area contributed by atoms with Gasteiger partial charge in [0.05, 0.1) is 5.60 Å². The minimum atomic E-state index is -0.715. The fourth-order valence-corrected chi connectivity index (χ4v) is 2.15. The molecule has 0 fully saturated rings. The van der Waals surface area contributed by atoms with Gasteiger partial charge in [0.25, 0.3) is 0 Å². The number of nitrogens with one attached hydrogen (secondary N) is 1. The first kappa shape index (κ1) is 17.2. The number of rotatable bonds is 9. The average molecular weight is 279 g/mol. The van der Waals surface area contributed by atoms with Crippen LogP contribution in [0.15, 0.2) is 24.3 Å². The van der Waals surface area contributed by atoms with E-state index in [0.29, 0.717) is 25.5 Å². The van der Waals surface area contributed by atoms with E-state index in [0.717, 1.165) is 13.0 Å². The molecule has 0 amide bonds. The van der Waals surface area contributed by atoms with Crippen LogP contribution in [0.3, 0.4) is 0 Å². The van der Waals surface area contributed by atoms with Gasteiger partial charge in [0, 0.05) is 33.2 Å². The van der Waals surface area contributed by atoms with E-state index in [1.165, 1.54) is 11.1 Å². The zero-order chi connectivity index (χ0) is 15.0. The Bertz CT molecular complexity index is 371. The van der Waals surface area contributed by atoms with Gasteiger partial charge in [0.1, 0.15) is 0 Å². The van der Waals surface area contributed by atoms with Crippen molar-refractivity contribution in [2.45, 2.75) is 45.8 Å². The van der Waals surface area contributed by atoms with Gasteiger partial charge in [-0.05, 0) is 30.4 Å². The fraction of sp³-hybridized carbons (Fsp3) is 0.647. The van der Waals surface area contributed by atoms with E-state index >= 15 is 0 Å². The largest absolute Gasteiger partial charge is 0.389 e. The number of ether oxygens (including phenoxy) is 1. The van der Waals surface area contributed by atoms with Crippen LogP contribution in [-0.2, 0) is 17.7 Å². The highest BCUT2D eigenvalue weighted by Crippen LogP contribution is 2.11. The lowest BCUT2D eigenvalue weighted by Gasteiger charge is -2.23. The van der Waals surface area contributed by atoms with Crippen LogP contribution in [-0.4, -0.2) is 31.0 Å². The Morgan fingerprint density at radius 1 is 1.20 bits per heavy atom. The highest BCUT2D eigenvalue weighted by molar-refractivity contribution is 5.22. The summed E-state index contributed by atoms with van der Waals surface area (Å²) in [5, 5.41) is 13.4. The van der Waals surface area contributed by atoms with Crippen LogP contribution in [0.25, 0.3) is 0 Å². The quantitative estimate of drug-likeness (QED) is 0.730. The van der Waals surface area contributed by atoms with Gasteiger partial charge >= 0.3 is 0 Å². The first-order valence-electron chi connectivity index (χ1n) is 7.43. The summed E-state index contributed by atoms with van der Waals surface area (Å²) in [6.07, 6.45) is 1.77. The lowest BCUT2D eigenvalue weighted by Crippen LogP contribution is -2.38. The Labute approximate surface area is 123 Å². The lowest BCUT2D eigenvalue weighted by molar-refractivity contribution is 0.0247. The molecule has 1 rings (SSSR count). The van der Waals surface area contributed by atoms with Crippen LogP contribution >= 0.6 is 0 Å². The van der Waals surface area contributed by atoms with Crippen molar-refractivity contribution in [3.05, 3.63) is 35.4 Å². The molecule has 1 atom stereocenters. The molecule has 0 saturated heterocycles. The third-order valence-corrected chi connectivity index (χ3v) is 3.35. The molecule has 1 unspecified atom stereocenters. The van der Waals surface area contributed by atoms with Crippen LogP contribution in [0, 0.1) is 5.92 Å². The maximum Gasteiger partial charge on any atom is 0.0765 e. The monoisotopic (exact) mass is 279 g/mol. The van der Waals surface area contributed by atoms with Crippen LogP contribution < -0.4 is 5.32 Å². The van der Waals surface area contributed by atoms with E-state index in [4.69, 9.17) is 4.74 Å². The summed E-state index contributed by atoms with van der Waals surface area (Å²) >= 11 is 0. The topological polar surface area (TPSA) is 41.5 Å². The van der Waals surface area contributed by atoms with Crippen molar-refractivity contribution in [3.63, 3.8) is 0 Å². The zero-order valence-corrected chi connectivity index (χ0v) is 13.3. The molecular formula is C17H29NO2. The molecule has 0 spiro atoms. The molecule has 20 heavy (non-hydrogen) atoms. The van der Waals surface area contributed by atoms with Crippen molar-refractivity contribution in [2.75, 3.05) is 20.3 Å². The number of aliphatic hydroxyl groups is 1. The minimum absolute atomic E-state index is 0.574. The SMILES string of the molecule is COCCC(C)(O)CNCc1ccc(CC(C)C)cc1. The van der Waals surface area contributed by atoms with Crippen molar-refractivity contribution < 1.29 is 9.84 Å². The lowest BCUT2D eigenvalue weighted by atomic mass is 10.0. The van der Waals surface area contributed by atoms with Crippen molar-refractivity contribution >= 4 is 0 Å². The highest BCUT2D eigenvalue weighted by atomic mass is 16.5. The van der Waals surface area contributed by atoms with Crippen molar-refractivity contribution in [1.29, 1.82) is 0 Å². The second-order valence-electron chi connectivity index (χ2n) is 6.26. The zero-order valence-electron chi connectivity index (χ0n) is 13.3. The third kappa shape index (κ3) is 7.04. The molecule has 0 saturated carbocycles. The summed E-state index contributed by atoms with van der Waals surface area (Å²) < 4.78 is 5.00. The summed E-state index contributed by atoms with van der Waals surface area (Å²) in [5.74, 6) is 0.690. The van der Waals surface area contributed by atoms with Gasteiger partial charge in [-0.3, -0.25) is 0 Å². The Morgan fingerprint density at radius 3 is 2.35 bits per heavy atom. The van der Waals surface area contributed by atoms with Crippen LogP contribution in [0.4, 0.5) is 0 Å². The summed E-state index contributed by atoms with van der Waals surface area (Å²) in [4.78, 5) is 0. The molecule has 1 aromatic rings. The first-order valence-corrected chi connectivity index (χ1v) is 7.43. The van der Waals surface area contributed by atoms with E-state index in [9.17, 15) is 5.11 Å². The van der Waals surface area contributed by atoms with Crippen LogP contribution in [0.2, 0.25) is 0 Å². The average Bonchev–Trinajstić information content (AvgIpc) is 2.38. The molecule has 0 aliphatic carbocycles. The van der Waals surface area contributed by atoms with Crippen LogP contribution in [0.1, 0.15) is 38.3 Å². The highest BCUT2D eigenvalue weighted by Gasteiger charge is 2.18. The maximum absolute atomic E-state index is 10.1. The van der Waals surface area contributed by atoms with E-state index in [1.54, 1.807) is 7.11 Å². The Balaban J connectivity index is 2.35. The molecule has 0 radical (unpaired) electrons. The summed E-state index contributed by atoms with van der Waals surface area (Å²) in [6, 6.07) is 8.71. The van der Waals surface area contributed by atoms with Crippen molar-refractivity contribution in [1.82, 2.24) is 5.32 Å². The Kier molecular flexibility index (Phi) is 7.20. The molecule has 0 aliphatic rings.